The molecule has 0 atom stereocenters. The third kappa shape index (κ3) is 3.97. The second kappa shape index (κ2) is 6.77. The van der Waals surface area contributed by atoms with Gasteiger partial charge in [-0.25, -0.2) is 4.68 Å². The first kappa shape index (κ1) is 15.0. The van der Waals surface area contributed by atoms with E-state index >= 15 is 0 Å². The number of aromatic nitrogens is 2. The van der Waals surface area contributed by atoms with Crippen LogP contribution in [-0.4, -0.2) is 28.4 Å². The van der Waals surface area contributed by atoms with Gasteiger partial charge in [-0.15, -0.1) is 0 Å². The van der Waals surface area contributed by atoms with Crippen molar-refractivity contribution in [3.8, 4) is 0 Å². The Morgan fingerprint density at radius 2 is 2.21 bits per heavy atom. The molecule has 0 saturated heterocycles. The van der Waals surface area contributed by atoms with Gasteiger partial charge in [0.25, 0.3) is 0 Å². The summed E-state index contributed by atoms with van der Waals surface area (Å²) in [4.78, 5) is 14.6. The predicted molar refractivity (Wildman–Crippen MR) is 70.4 cm³/mol. The van der Waals surface area contributed by atoms with E-state index in [1.165, 1.54) is 6.20 Å². The molecule has 0 fully saturated rings. The molecule has 1 rings (SSSR count). The van der Waals surface area contributed by atoms with Crippen molar-refractivity contribution in [1.29, 1.82) is 0 Å². The number of rotatable bonds is 6. The number of aliphatic imine (C=N–C) groups is 1. The number of nitrogens with one attached hydrogen (secondary N) is 1. The summed E-state index contributed by atoms with van der Waals surface area (Å²) < 4.78 is 26.2. The highest BCUT2D eigenvalue weighted by atomic mass is 19.3. The van der Waals surface area contributed by atoms with E-state index in [-0.39, 0.29) is 17.4 Å². The molecule has 1 amide bonds. The number of anilines is 1. The van der Waals surface area contributed by atoms with E-state index < -0.39 is 6.55 Å². The third-order valence-electron chi connectivity index (χ3n) is 2.28. The van der Waals surface area contributed by atoms with Crippen LogP contribution < -0.4 is 5.32 Å². The largest absolute Gasteiger partial charge is 0.333 e. The van der Waals surface area contributed by atoms with Gasteiger partial charge in [0.1, 0.15) is 0 Å². The molecule has 0 aliphatic carbocycles. The number of nitrogens with zero attached hydrogens (tertiary/aromatic N) is 3. The molecule has 0 spiro atoms. The summed E-state index contributed by atoms with van der Waals surface area (Å²) in [5.41, 5.74) is 0.936. The van der Waals surface area contributed by atoms with Gasteiger partial charge in [0.15, 0.2) is 0 Å². The van der Waals surface area contributed by atoms with Crippen LogP contribution in [0.25, 0.3) is 5.57 Å². The molecule has 0 aliphatic rings. The summed E-state index contributed by atoms with van der Waals surface area (Å²) in [6.07, 6.45) is 4.76. The highest BCUT2D eigenvalue weighted by Crippen LogP contribution is 2.26. The van der Waals surface area contributed by atoms with Crippen LogP contribution in [0.15, 0.2) is 17.3 Å². The quantitative estimate of drug-likeness (QED) is 0.638. The van der Waals surface area contributed by atoms with Gasteiger partial charge in [-0.3, -0.25) is 9.79 Å². The SMILES string of the molecule is C/C(=C\C=NC(C)C)c1c(NC=O)cnn1C(F)F. The molecular formula is C12H16F2N4O. The first-order chi connectivity index (χ1) is 8.97. The second-order valence-corrected chi connectivity index (χ2v) is 4.13. The van der Waals surface area contributed by atoms with Crippen LogP contribution in [0.1, 0.15) is 33.0 Å². The lowest BCUT2D eigenvalue weighted by molar-refractivity contribution is -0.105. The first-order valence-electron chi connectivity index (χ1n) is 5.73. The molecule has 1 heterocycles. The topological polar surface area (TPSA) is 59.3 Å². The van der Waals surface area contributed by atoms with Crippen molar-refractivity contribution in [1.82, 2.24) is 9.78 Å². The van der Waals surface area contributed by atoms with E-state index in [2.05, 4.69) is 15.4 Å². The molecule has 0 radical (unpaired) electrons. The lowest BCUT2D eigenvalue weighted by Crippen LogP contribution is -2.06. The van der Waals surface area contributed by atoms with Crippen molar-refractivity contribution in [2.45, 2.75) is 33.4 Å². The van der Waals surface area contributed by atoms with Crippen molar-refractivity contribution in [2.75, 3.05) is 5.32 Å². The summed E-state index contributed by atoms with van der Waals surface area (Å²) in [6.45, 7) is 2.69. The van der Waals surface area contributed by atoms with Gasteiger partial charge in [-0.1, -0.05) is 0 Å². The minimum Gasteiger partial charge on any atom is -0.326 e. The van der Waals surface area contributed by atoms with Gasteiger partial charge >= 0.3 is 6.55 Å². The highest BCUT2D eigenvalue weighted by molar-refractivity contribution is 5.88. The summed E-state index contributed by atoms with van der Waals surface area (Å²) in [6, 6.07) is 0.122. The fourth-order valence-corrected chi connectivity index (χ4v) is 1.48. The van der Waals surface area contributed by atoms with Crippen molar-refractivity contribution in [3.63, 3.8) is 0 Å². The van der Waals surface area contributed by atoms with Gasteiger partial charge in [0.2, 0.25) is 6.41 Å². The lowest BCUT2D eigenvalue weighted by atomic mass is 10.2. The maximum atomic E-state index is 12.8. The smallest absolute Gasteiger partial charge is 0.326 e. The Balaban J connectivity index is 3.14. The second-order valence-electron chi connectivity index (χ2n) is 4.13. The fraction of sp³-hybridized carbons (Fsp3) is 0.417. The standard InChI is InChI=1S/C12H16F2N4O/c1-8(2)15-5-4-9(3)11-10(16-7-19)6-17-18(11)12(13)14/h4-8,12H,1-3H3,(H,16,19)/b9-4+,15-5?. The predicted octanol–water partition coefficient (Wildman–Crippen LogP) is 2.73. The van der Waals surface area contributed by atoms with Gasteiger partial charge in [-0.05, 0) is 32.4 Å². The average Bonchev–Trinajstić information content (AvgIpc) is 2.72. The molecule has 0 saturated carbocycles. The molecule has 0 unspecified atom stereocenters. The number of carbonyl (C=O) groups is 1. The van der Waals surface area contributed by atoms with E-state index in [9.17, 15) is 13.6 Å². The van der Waals surface area contributed by atoms with Gasteiger partial charge < -0.3 is 5.32 Å². The fourth-order valence-electron chi connectivity index (χ4n) is 1.48. The van der Waals surface area contributed by atoms with Gasteiger partial charge in [0.05, 0.1) is 17.6 Å². The number of hydrogen-bond acceptors (Lipinski definition) is 3. The number of alkyl halides is 2. The molecule has 0 aromatic carbocycles. The molecule has 0 bridgehead atoms. The zero-order valence-corrected chi connectivity index (χ0v) is 11.0. The van der Waals surface area contributed by atoms with Gasteiger partial charge in [0, 0.05) is 12.3 Å². The van der Waals surface area contributed by atoms with Gasteiger partial charge in [-0.2, -0.15) is 13.9 Å². The number of allylic oxidation sites excluding steroid dienone is 2. The number of amides is 1. The van der Waals surface area contributed by atoms with Crippen LogP contribution in [0.2, 0.25) is 0 Å². The van der Waals surface area contributed by atoms with Crippen molar-refractivity contribution in [2.24, 2.45) is 4.99 Å². The first-order valence-corrected chi connectivity index (χ1v) is 5.73. The summed E-state index contributed by atoms with van der Waals surface area (Å²) >= 11 is 0. The molecule has 1 N–H and O–H groups in total. The van der Waals surface area contributed by atoms with Crippen LogP contribution in [0.5, 0.6) is 0 Å². The molecule has 7 heteroatoms. The maximum absolute atomic E-state index is 12.8. The van der Waals surface area contributed by atoms with E-state index in [0.29, 0.717) is 16.7 Å². The van der Waals surface area contributed by atoms with E-state index in [1.807, 2.05) is 13.8 Å². The Kier molecular flexibility index (Phi) is 5.35. The lowest BCUT2D eigenvalue weighted by Gasteiger charge is -2.08. The van der Waals surface area contributed by atoms with Crippen molar-refractivity contribution < 1.29 is 13.6 Å². The van der Waals surface area contributed by atoms with E-state index in [4.69, 9.17) is 0 Å². The average molecular weight is 270 g/mol. The van der Waals surface area contributed by atoms with E-state index in [0.717, 1.165) is 0 Å². The molecule has 1 aromatic heterocycles. The molecule has 5 nitrogen and oxygen atoms in total. The van der Waals surface area contributed by atoms with Crippen molar-refractivity contribution in [3.05, 3.63) is 18.0 Å². The monoisotopic (exact) mass is 270 g/mol. The molecule has 104 valence electrons. The number of carbonyl (C=O) groups excluding carboxylic acids is 1. The Morgan fingerprint density at radius 1 is 1.53 bits per heavy atom. The minimum atomic E-state index is -2.78. The third-order valence-corrected chi connectivity index (χ3v) is 2.28. The maximum Gasteiger partial charge on any atom is 0.333 e. The Morgan fingerprint density at radius 3 is 2.74 bits per heavy atom. The number of hydrogen-bond donors (Lipinski definition) is 1. The van der Waals surface area contributed by atoms with Crippen LogP contribution in [0, 0.1) is 0 Å². The molecule has 1 aromatic rings. The normalized spacial score (nSPS) is 12.7. The summed E-state index contributed by atoms with van der Waals surface area (Å²) in [5, 5.41) is 5.91. The number of halogens is 2. The van der Waals surface area contributed by atoms with Crippen LogP contribution in [-0.2, 0) is 4.79 Å². The Bertz CT molecular complexity index is 492. The molecule has 19 heavy (non-hydrogen) atoms. The van der Waals surface area contributed by atoms with Crippen LogP contribution in [0.4, 0.5) is 14.5 Å². The Labute approximate surface area is 110 Å². The molecular weight excluding hydrogens is 254 g/mol. The zero-order chi connectivity index (χ0) is 14.4. The summed E-state index contributed by atoms with van der Waals surface area (Å²) in [5.74, 6) is 0. The zero-order valence-electron chi connectivity index (χ0n) is 11.0. The Hall–Kier alpha value is -2.05. The van der Waals surface area contributed by atoms with Crippen LogP contribution in [0.3, 0.4) is 0 Å². The summed E-state index contributed by atoms with van der Waals surface area (Å²) in [7, 11) is 0. The van der Waals surface area contributed by atoms with E-state index in [1.54, 1.807) is 19.2 Å². The highest BCUT2D eigenvalue weighted by Gasteiger charge is 2.17. The minimum absolute atomic E-state index is 0.122. The van der Waals surface area contributed by atoms with Crippen LogP contribution >= 0.6 is 0 Å². The molecule has 0 aliphatic heterocycles. The van der Waals surface area contributed by atoms with Crippen molar-refractivity contribution >= 4 is 23.9 Å².